The number of hydrogen-bond acceptors (Lipinski definition) is 6. The Labute approximate surface area is 190 Å². The average molecular weight is 452 g/mol. The fourth-order valence-electron chi connectivity index (χ4n) is 3.21. The Balaban J connectivity index is 1.45. The summed E-state index contributed by atoms with van der Waals surface area (Å²) in [5.41, 5.74) is 2.82. The van der Waals surface area contributed by atoms with Gasteiger partial charge in [0.05, 0.1) is 17.8 Å². The molecule has 158 valence electrons. The fourth-order valence-corrected chi connectivity index (χ4v) is 4.52. The van der Waals surface area contributed by atoms with Gasteiger partial charge in [-0.3, -0.25) is 9.69 Å². The van der Waals surface area contributed by atoms with E-state index in [1.54, 1.807) is 17.2 Å². The molecule has 0 bridgehead atoms. The minimum atomic E-state index is -0.0759. The van der Waals surface area contributed by atoms with Crippen LogP contribution < -0.4 is 4.74 Å². The Hall–Kier alpha value is -2.87. The third-order valence-corrected chi connectivity index (χ3v) is 6.11. The molecule has 1 aliphatic heterocycles. The molecule has 7 heteroatoms. The lowest BCUT2D eigenvalue weighted by atomic mass is 10.1. The Bertz CT molecular complexity index is 1110. The van der Waals surface area contributed by atoms with E-state index < -0.39 is 0 Å². The summed E-state index contributed by atoms with van der Waals surface area (Å²) in [5, 5.41) is 8.91. The van der Waals surface area contributed by atoms with Crippen LogP contribution in [0, 0.1) is 0 Å². The van der Waals surface area contributed by atoms with Crippen molar-refractivity contribution >= 4 is 40.3 Å². The van der Waals surface area contributed by atoms with Crippen LogP contribution in [0.25, 0.3) is 17.4 Å². The Kier molecular flexibility index (Phi) is 6.86. The zero-order valence-electron chi connectivity index (χ0n) is 16.7. The number of amides is 1. The van der Waals surface area contributed by atoms with E-state index in [1.807, 2.05) is 60.7 Å². The summed E-state index contributed by atoms with van der Waals surface area (Å²) in [4.78, 5) is 15.1. The van der Waals surface area contributed by atoms with Gasteiger partial charge < -0.3 is 14.3 Å². The Morgan fingerprint density at radius 1 is 1.13 bits per heavy atom. The lowest BCUT2D eigenvalue weighted by molar-refractivity contribution is -0.122. The first-order valence-electron chi connectivity index (χ1n) is 9.86. The zero-order chi connectivity index (χ0) is 21.6. The molecule has 5 nitrogen and oxygen atoms in total. The summed E-state index contributed by atoms with van der Waals surface area (Å²) < 4.78 is 11.7. The number of thioether (sulfide) groups is 1. The number of hydrogen-bond donors (Lipinski definition) is 1. The van der Waals surface area contributed by atoms with E-state index in [-0.39, 0.29) is 19.1 Å². The van der Waals surface area contributed by atoms with Gasteiger partial charge in [0.1, 0.15) is 22.4 Å². The predicted octanol–water partition coefficient (Wildman–Crippen LogP) is 4.76. The lowest BCUT2D eigenvalue weighted by Gasteiger charge is -2.14. The van der Waals surface area contributed by atoms with Crippen molar-refractivity contribution < 1.29 is 19.1 Å². The molecule has 2 heterocycles. The number of furan rings is 1. The molecule has 1 fully saturated rings. The van der Waals surface area contributed by atoms with Crippen LogP contribution in [-0.4, -0.2) is 40.0 Å². The van der Waals surface area contributed by atoms with Crippen molar-refractivity contribution in [3.63, 3.8) is 0 Å². The van der Waals surface area contributed by atoms with Gasteiger partial charge in [0.2, 0.25) is 0 Å². The molecule has 0 atom stereocenters. The summed E-state index contributed by atoms with van der Waals surface area (Å²) in [6.45, 7) is 0.751. The van der Waals surface area contributed by atoms with E-state index in [1.165, 1.54) is 17.3 Å². The van der Waals surface area contributed by atoms with E-state index in [2.05, 4.69) is 0 Å². The number of nitrogens with zero attached hydrogens (tertiary/aromatic N) is 1. The molecular weight excluding hydrogens is 430 g/mol. The SMILES string of the molecule is O=C1C(=Cc2coc(-c3cccc(OCCO)c3)c2)SC(=S)N1CCc1ccccc1. The van der Waals surface area contributed by atoms with Gasteiger partial charge in [0.15, 0.2) is 0 Å². The molecule has 3 aromatic rings. The second-order valence-electron chi connectivity index (χ2n) is 6.91. The maximum absolute atomic E-state index is 12.8. The van der Waals surface area contributed by atoms with Crippen molar-refractivity contribution in [2.45, 2.75) is 6.42 Å². The third kappa shape index (κ3) is 5.25. The number of benzene rings is 2. The molecule has 0 unspecified atom stereocenters. The first-order valence-corrected chi connectivity index (χ1v) is 11.1. The standard InChI is InChI=1S/C24H21NO4S2/c26-11-12-28-20-8-4-7-19(15-20)21-13-18(16-29-21)14-22-23(27)25(24(30)31-22)10-9-17-5-2-1-3-6-17/h1-8,13-16,26H,9-12H2. The first-order chi connectivity index (χ1) is 15.1. The number of carbonyl (C=O) groups excluding carboxylic acids is 1. The summed E-state index contributed by atoms with van der Waals surface area (Å²) in [6.07, 6.45) is 4.18. The minimum Gasteiger partial charge on any atom is -0.491 e. The molecule has 0 saturated carbocycles. The van der Waals surface area contributed by atoms with E-state index in [4.69, 9.17) is 26.5 Å². The molecular formula is C24H21NO4S2. The van der Waals surface area contributed by atoms with Gasteiger partial charge in [-0.05, 0) is 36.3 Å². The third-order valence-electron chi connectivity index (χ3n) is 4.74. The average Bonchev–Trinajstić information content (AvgIpc) is 3.36. The molecule has 0 aliphatic carbocycles. The highest BCUT2D eigenvalue weighted by Gasteiger charge is 2.31. The molecule has 31 heavy (non-hydrogen) atoms. The summed E-state index contributed by atoms with van der Waals surface area (Å²) in [6, 6.07) is 19.4. The predicted molar refractivity (Wildman–Crippen MR) is 127 cm³/mol. The maximum Gasteiger partial charge on any atom is 0.266 e. The Morgan fingerprint density at radius 2 is 1.97 bits per heavy atom. The smallest absolute Gasteiger partial charge is 0.266 e. The van der Waals surface area contributed by atoms with Crippen LogP contribution >= 0.6 is 24.0 Å². The van der Waals surface area contributed by atoms with Gasteiger partial charge in [0.25, 0.3) is 5.91 Å². The van der Waals surface area contributed by atoms with Crippen molar-refractivity contribution in [2.24, 2.45) is 0 Å². The first kappa shape index (κ1) is 21.4. The molecule has 1 aromatic heterocycles. The number of ether oxygens (including phenoxy) is 1. The normalized spacial score (nSPS) is 15.1. The van der Waals surface area contributed by atoms with Crippen molar-refractivity contribution in [3.8, 4) is 17.1 Å². The van der Waals surface area contributed by atoms with E-state index >= 15 is 0 Å². The highest BCUT2D eigenvalue weighted by molar-refractivity contribution is 8.26. The van der Waals surface area contributed by atoms with E-state index in [0.29, 0.717) is 27.3 Å². The maximum atomic E-state index is 12.8. The van der Waals surface area contributed by atoms with Crippen molar-refractivity contribution in [2.75, 3.05) is 19.8 Å². The molecule has 1 saturated heterocycles. The highest BCUT2D eigenvalue weighted by Crippen LogP contribution is 2.34. The number of aliphatic hydroxyl groups is 1. The van der Waals surface area contributed by atoms with Gasteiger partial charge in [-0.15, -0.1) is 0 Å². The van der Waals surface area contributed by atoms with Crippen LogP contribution in [0.3, 0.4) is 0 Å². The van der Waals surface area contributed by atoms with Crippen LogP contribution in [0.1, 0.15) is 11.1 Å². The van der Waals surface area contributed by atoms with Crippen LogP contribution in [-0.2, 0) is 11.2 Å². The lowest BCUT2D eigenvalue weighted by Crippen LogP contribution is -2.30. The largest absolute Gasteiger partial charge is 0.491 e. The molecule has 2 aromatic carbocycles. The number of thiocarbonyl (C=S) groups is 1. The molecule has 0 spiro atoms. The number of aliphatic hydroxyl groups excluding tert-OH is 1. The van der Waals surface area contributed by atoms with Crippen LogP contribution in [0.5, 0.6) is 5.75 Å². The Morgan fingerprint density at radius 3 is 2.77 bits per heavy atom. The number of rotatable bonds is 8. The van der Waals surface area contributed by atoms with E-state index in [9.17, 15) is 4.79 Å². The second-order valence-corrected chi connectivity index (χ2v) is 8.59. The monoisotopic (exact) mass is 451 g/mol. The summed E-state index contributed by atoms with van der Waals surface area (Å²) in [5.74, 6) is 1.25. The highest BCUT2D eigenvalue weighted by atomic mass is 32.2. The van der Waals surface area contributed by atoms with Crippen LogP contribution in [0.2, 0.25) is 0 Å². The summed E-state index contributed by atoms with van der Waals surface area (Å²) >= 11 is 6.74. The zero-order valence-corrected chi connectivity index (χ0v) is 18.3. The quantitative estimate of drug-likeness (QED) is 0.394. The van der Waals surface area contributed by atoms with Crippen molar-refractivity contribution in [1.29, 1.82) is 0 Å². The van der Waals surface area contributed by atoms with Gasteiger partial charge in [0, 0.05) is 17.7 Å². The van der Waals surface area contributed by atoms with Gasteiger partial charge in [-0.25, -0.2) is 0 Å². The van der Waals surface area contributed by atoms with Crippen molar-refractivity contribution in [1.82, 2.24) is 4.90 Å². The van der Waals surface area contributed by atoms with Gasteiger partial charge in [-0.2, -0.15) is 0 Å². The second kappa shape index (κ2) is 9.96. The minimum absolute atomic E-state index is 0.0430. The molecule has 0 radical (unpaired) electrons. The van der Waals surface area contributed by atoms with Gasteiger partial charge >= 0.3 is 0 Å². The van der Waals surface area contributed by atoms with Crippen LogP contribution in [0.4, 0.5) is 0 Å². The van der Waals surface area contributed by atoms with Gasteiger partial charge in [-0.1, -0.05) is 66.4 Å². The molecule has 1 N–H and O–H groups in total. The van der Waals surface area contributed by atoms with E-state index in [0.717, 1.165) is 17.5 Å². The molecule has 4 rings (SSSR count). The van der Waals surface area contributed by atoms with Crippen molar-refractivity contribution in [3.05, 3.63) is 83.0 Å². The molecule has 1 amide bonds. The molecule has 1 aliphatic rings. The van der Waals surface area contributed by atoms with Crippen LogP contribution in [0.15, 0.2) is 76.2 Å². The topological polar surface area (TPSA) is 62.9 Å². The fraction of sp³-hybridized carbons (Fsp3) is 0.167. The summed E-state index contributed by atoms with van der Waals surface area (Å²) in [7, 11) is 0. The number of carbonyl (C=O) groups is 1.